The van der Waals surface area contributed by atoms with Crippen molar-refractivity contribution in [2.24, 2.45) is 0 Å². The lowest BCUT2D eigenvalue weighted by atomic mass is 10.0. The molecule has 0 spiro atoms. The van der Waals surface area contributed by atoms with Crippen LogP contribution in [0.4, 0.5) is 17.6 Å². The molecule has 0 fully saturated rings. The van der Waals surface area contributed by atoms with E-state index in [-0.39, 0.29) is 10.0 Å². The first-order valence-electron chi connectivity index (χ1n) is 5.19. The van der Waals surface area contributed by atoms with Gasteiger partial charge in [-0.2, -0.15) is 0 Å². The van der Waals surface area contributed by atoms with Gasteiger partial charge in [-0.3, -0.25) is 0 Å². The van der Waals surface area contributed by atoms with Gasteiger partial charge in [0.1, 0.15) is 11.9 Å². The Morgan fingerprint density at radius 1 is 0.842 bits per heavy atom. The largest absolute Gasteiger partial charge is 0.384 e. The monoisotopic (exact) mass is 334 g/mol. The fourth-order valence-electron chi connectivity index (χ4n) is 1.65. The molecular weight excluding hydrogens is 328 g/mol. The number of halogens is 5. The predicted octanol–water partition coefficient (Wildman–Crippen LogP) is 4.09. The van der Waals surface area contributed by atoms with Gasteiger partial charge in [-0.05, 0) is 28.1 Å². The lowest BCUT2D eigenvalue weighted by Crippen LogP contribution is -2.07. The van der Waals surface area contributed by atoms with Crippen molar-refractivity contribution in [1.82, 2.24) is 0 Å². The minimum absolute atomic E-state index is 0.0184. The lowest BCUT2D eigenvalue weighted by Gasteiger charge is -2.14. The van der Waals surface area contributed by atoms with Gasteiger partial charge in [0.25, 0.3) is 0 Å². The Kier molecular flexibility index (Phi) is 3.91. The van der Waals surface area contributed by atoms with Crippen LogP contribution in [-0.2, 0) is 0 Å². The summed E-state index contributed by atoms with van der Waals surface area (Å²) in [7, 11) is 0. The average Bonchev–Trinajstić information content (AvgIpc) is 2.39. The van der Waals surface area contributed by atoms with Crippen LogP contribution < -0.4 is 0 Å². The summed E-state index contributed by atoms with van der Waals surface area (Å²) in [4.78, 5) is 0. The van der Waals surface area contributed by atoms with Gasteiger partial charge in [-0.15, -0.1) is 0 Å². The van der Waals surface area contributed by atoms with E-state index < -0.39 is 34.9 Å². The molecule has 0 aromatic heterocycles. The Morgan fingerprint density at radius 2 is 1.53 bits per heavy atom. The van der Waals surface area contributed by atoms with Crippen molar-refractivity contribution >= 4 is 15.9 Å². The number of hydrogen-bond acceptors (Lipinski definition) is 1. The molecule has 0 saturated heterocycles. The highest BCUT2D eigenvalue weighted by Crippen LogP contribution is 2.32. The molecule has 0 heterocycles. The molecule has 0 radical (unpaired) electrons. The summed E-state index contributed by atoms with van der Waals surface area (Å²) < 4.78 is 52.7. The SMILES string of the molecule is OC(c1ccc(F)c(F)c1F)c1cccc(F)c1Br. The standard InChI is InChI=1S/C13H7BrF4O/c14-10-6(2-1-3-8(10)15)13(19)7-4-5-9(16)12(18)11(7)17/h1-5,13,19H. The number of aliphatic hydroxyl groups is 1. The number of hydrogen-bond donors (Lipinski definition) is 1. The van der Waals surface area contributed by atoms with E-state index in [1.165, 1.54) is 12.1 Å². The minimum atomic E-state index is -1.68. The zero-order chi connectivity index (χ0) is 14.2. The summed E-state index contributed by atoms with van der Waals surface area (Å²) >= 11 is 2.91. The highest BCUT2D eigenvalue weighted by atomic mass is 79.9. The van der Waals surface area contributed by atoms with Crippen LogP contribution in [0.15, 0.2) is 34.8 Å². The summed E-state index contributed by atoms with van der Waals surface area (Å²) in [6.07, 6.45) is -1.61. The van der Waals surface area contributed by atoms with Crippen LogP contribution in [0.1, 0.15) is 17.2 Å². The van der Waals surface area contributed by atoms with Gasteiger partial charge >= 0.3 is 0 Å². The van der Waals surface area contributed by atoms with E-state index in [4.69, 9.17) is 0 Å². The van der Waals surface area contributed by atoms with Gasteiger partial charge in [-0.1, -0.05) is 18.2 Å². The third-order valence-corrected chi connectivity index (χ3v) is 3.47. The lowest BCUT2D eigenvalue weighted by molar-refractivity contribution is 0.211. The molecule has 1 unspecified atom stereocenters. The molecule has 0 aliphatic rings. The topological polar surface area (TPSA) is 20.2 Å². The predicted molar refractivity (Wildman–Crippen MR) is 64.5 cm³/mol. The smallest absolute Gasteiger partial charge is 0.194 e. The van der Waals surface area contributed by atoms with Crippen molar-refractivity contribution in [3.8, 4) is 0 Å². The molecule has 0 amide bonds. The second-order valence-electron chi connectivity index (χ2n) is 3.81. The minimum Gasteiger partial charge on any atom is -0.384 e. The highest BCUT2D eigenvalue weighted by molar-refractivity contribution is 9.10. The van der Waals surface area contributed by atoms with E-state index in [2.05, 4.69) is 15.9 Å². The highest BCUT2D eigenvalue weighted by Gasteiger charge is 2.22. The van der Waals surface area contributed by atoms with Crippen LogP contribution in [0, 0.1) is 23.3 Å². The first-order chi connectivity index (χ1) is 8.93. The third kappa shape index (κ3) is 2.50. The van der Waals surface area contributed by atoms with Gasteiger partial charge in [0.05, 0.1) is 4.47 Å². The Hall–Kier alpha value is -1.40. The molecule has 0 aliphatic carbocycles. The second-order valence-corrected chi connectivity index (χ2v) is 4.60. The zero-order valence-electron chi connectivity index (χ0n) is 9.30. The van der Waals surface area contributed by atoms with Crippen LogP contribution in [-0.4, -0.2) is 5.11 Å². The van der Waals surface area contributed by atoms with Crippen LogP contribution in [0.3, 0.4) is 0 Å². The van der Waals surface area contributed by atoms with Crippen LogP contribution in [0.5, 0.6) is 0 Å². The van der Waals surface area contributed by atoms with E-state index in [9.17, 15) is 22.7 Å². The molecular formula is C13H7BrF4O. The molecule has 1 atom stereocenters. The summed E-state index contributed by atoms with van der Waals surface area (Å²) in [6.45, 7) is 0. The van der Waals surface area contributed by atoms with Crippen molar-refractivity contribution in [3.05, 3.63) is 69.2 Å². The molecule has 0 saturated carbocycles. The van der Waals surface area contributed by atoms with E-state index in [1.54, 1.807) is 0 Å². The van der Waals surface area contributed by atoms with Gasteiger partial charge < -0.3 is 5.11 Å². The Morgan fingerprint density at radius 3 is 2.21 bits per heavy atom. The first kappa shape index (κ1) is 14.0. The summed E-state index contributed by atoms with van der Waals surface area (Å²) in [6, 6.07) is 5.41. The molecule has 0 aliphatic heterocycles. The fraction of sp³-hybridized carbons (Fsp3) is 0.0769. The van der Waals surface area contributed by atoms with E-state index in [1.807, 2.05) is 0 Å². The first-order valence-corrected chi connectivity index (χ1v) is 5.98. The van der Waals surface area contributed by atoms with Gasteiger partial charge in [0.2, 0.25) is 0 Å². The number of benzene rings is 2. The van der Waals surface area contributed by atoms with Crippen molar-refractivity contribution in [3.63, 3.8) is 0 Å². The van der Waals surface area contributed by atoms with Crippen LogP contribution >= 0.6 is 15.9 Å². The molecule has 6 heteroatoms. The van der Waals surface area contributed by atoms with Gasteiger partial charge in [0.15, 0.2) is 17.5 Å². The Labute approximate surface area is 114 Å². The summed E-state index contributed by atoms with van der Waals surface area (Å²) in [5.74, 6) is -5.18. The molecule has 1 N–H and O–H groups in total. The second kappa shape index (κ2) is 5.30. The average molecular weight is 335 g/mol. The van der Waals surface area contributed by atoms with Crippen molar-refractivity contribution in [2.75, 3.05) is 0 Å². The molecule has 2 aromatic carbocycles. The maximum atomic E-state index is 13.5. The maximum Gasteiger partial charge on any atom is 0.194 e. The normalized spacial score (nSPS) is 12.5. The molecule has 1 nitrogen and oxygen atoms in total. The number of aliphatic hydroxyl groups excluding tert-OH is 1. The summed E-state index contributed by atoms with van der Waals surface area (Å²) in [5.41, 5.74) is -0.449. The fourth-order valence-corrected chi connectivity index (χ4v) is 2.13. The molecule has 19 heavy (non-hydrogen) atoms. The van der Waals surface area contributed by atoms with E-state index in [0.29, 0.717) is 6.07 Å². The van der Waals surface area contributed by atoms with Crippen molar-refractivity contribution < 1.29 is 22.7 Å². The Balaban J connectivity index is 2.53. The van der Waals surface area contributed by atoms with Crippen LogP contribution in [0.2, 0.25) is 0 Å². The van der Waals surface area contributed by atoms with E-state index >= 15 is 0 Å². The molecule has 2 rings (SSSR count). The Bertz CT molecular complexity index is 630. The van der Waals surface area contributed by atoms with E-state index in [0.717, 1.165) is 12.1 Å². The van der Waals surface area contributed by atoms with Crippen LogP contribution in [0.25, 0.3) is 0 Å². The molecule has 0 bridgehead atoms. The maximum absolute atomic E-state index is 13.5. The van der Waals surface area contributed by atoms with Gasteiger partial charge in [0, 0.05) is 11.1 Å². The van der Waals surface area contributed by atoms with Gasteiger partial charge in [-0.25, -0.2) is 17.6 Å². The molecule has 100 valence electrons. The molecule has 2 aromatic rings. The zero-order valence-corrected chi connectivity index (χ0v) is 10.9. The van der Waals surface area contributed by atoms with Crippen molar-refractivity contribution in [2.45, 2.75) is 6.10 Å². The summed E-state index contributed by atoms with van der Waals surface area (Å²) in [5, 5.41) is 9.97. The number of rotatable bonds is 2. The van der Waals surface area contributed by atoms with Crippen molar-refractivity contribution in [1.29, 1.82) is 0 Å². The quantitative estimate of drug-likeness (QED) is 0.648. The third-order valence-electron chi connectivity index (χ3n) is 2.64.